The molecule has 3 nitrogen and oxygen atoms in total. The first kappa shape index (κ1) is 11.4. The molecule has 16 heavy (non-hydrogen) atoms. The molecule has 0 aromatic heterocycles. The molecule has 2 N–H and O–H groups in total. The van der Waals surface area contributed by atoms with Gasteiger partial charge >= 0.3 is 0 Å². The Kier molecular flexibility index (Phi) is 3.41. The van der Waals surface area contributed by atoms with Crippen molar-refractivity contribution in [3.05, 3.63) is 29.6 Å². The average molecular weight is 225 g/mol. The summed E-state index contributed by atoms with van der Waals surface area (Å²) in [5.41, 5.74) is 0.911. The molecule has 1 aromatic rings. The fraction of sp³-hybridized carbons (Fsp3) is 0.500. The van der Waals surface area contributed by atoms with Gasteiger partial charge in [-0.3, -0.25) is 0 Å². The Morgan fingerprint density at radius 3 is 2.94 bits per heavy atom. The molecule has 1 aliphatic rings. The molecule has 0 radical (unpaired) electrons. The van der Waals surface area contributed by atoms with Crippen molar-refractivity contribution < 1.29 is 14.2 Å². The van der Waals surface area contributed by atoms with Crippen LogP contribution in [0.15, 0.2) is 18.2 Å². The number of rotatable bonds is 3. The van der Waals surface area contributed by atoms with Crippen LogP contribution in [-0.2, 0) is 0 Å². The summed E-state index contributed by atoms with van der Waals surface area (Å²) in [6.07, 6.45) is 0.849. The van der Waals surface area contributed by atoms with Crippen molar-refractivity contribution in [1.29, 1.82) is 0 Å². The van der Waals surface area contributed by atoms with Crippen molar-refractivity contribution in [2.75, 3.05) is 20.3 Å². The number of hydrogen-bond donors (Lipinski definition) is 2. The van der Waals surface area contributed by atoms with Crippen LogP contribution < -0.4 is 10.1 Å². The monoisotopic (exact) mass is 225 g/mol. The predicted molar refractivity (Wildman–Crippen MR) is 58.9 cm³/mol. The zero-order chi connectivity index (χ0) is 11.5. The van der Waals surface area contributed by atoms with Crippen LogP contribution in [0.4, 0.5) is 4.39 Å². The molecule has 2 unspecified atom stereocenters. The van der Waals surface area contributed by atoms with Crippen molar-refractivity contribution in [3.8, 4) is 5.75 Å². The normalized spacial score (nSPS) is 24.7. The Bertz CT molecular complexity index is 370. The van der Waals surface area contributed by atoms with E-state index < -0.39 is 0 Å². The van der Waals surface area contributed by atoms with Crippen LogP contribution in [0.1, 0.15) is 18.0 Å². The van der Waals surface area contributed by atoms with Crippen molar-refractivity contribution in [2.24, 2.45) is 5.92 Å². The maximum absolute atomic E-state index is 13.5. The van der Waals surface area contributed by atoms with E-state index in [-0.39, 0.29) is 30.1 Å². The molecule has 2 atom stereocenters. The zero-order valence-corrected chi connectivity index (χ0v) is 9.24. The summed E-state index contributed by atoms with van der Waals surface area (Å²) in [4.78, 5) is 0. The molecular formula is C12H16FNO2. The van der Waals surface area contributed by atoms with Gasteiger partial charge in [0.25, 0.3) is 0 Å². The molecule has 1 heterocycles. The largest absolute Gasteiger partial charge is 0.494 e. The quantitative estimate of drug-likeness (QED) is 0.818. The van der Waals surface area contributed by atoms with Gasteiger partial charge in [0.05, 0.1) is 7.11 Å². The molecule has 2 rings (SSSR count). The molecule has 0 bridgehead atoms. The third-order valence-corrected chi connectivity index (χ3v) is 3.06. The topological polar surface area (TPSA) is 41.5 Å². The number of halogens is 1. The summed E-state index contributed by atoms with van der Waals surface area (Å²) in [6, 6.07) is 5.13. The van der Waals surface area contributed by atoms with Gasteiger partial charge in [0.2, 0.25) is 0 Å². The maximum Gasteiger partial charge on any atom is 0.165 e. The third kappa shape index (κ3) is 2.18. The van der Waals surface area contributed by atoms with Gasteiger partial charge in [0.1, 0.15) is 0 Å². The standard InChI is InChI=1S/C12H16FNO2/c1-16-12-3-2-9(5-10(12)13)11-4-8(7-15)6-14-11/h2-3,5,8,11,14-15H,4,6-7H2,1H3. The minimum atomic E-state index is -0.339. The summed E-state index contributed by atoms with van der Waals surface area (Å²) in [5.74, 6) is 0.199. The third-order valence-electron chi connectivity index (χ3n) is 3.06. The number of aliphatic hydroxyl groups excluding tert-OH is 1. The summed E-state index contributed by atoms with van der Waals surface area (Å²) in [6.45, 7) is 0.969. The van der Waals surface area contributed by atoms with Crippen LogP contribution in [0.5, 0.6) is 5.75 Å². The number of benzene rings is 1. The highest BCUT2D eigenvalue weighted by Crippen LogP contribution is 2.29. The number of aliphatic hydroxyl groups is 1. The molecule has 0 spiro atoms. The lowest BCUT2D eigenvalue weighted by Gasteiger charge is -2.12. The second-order valence-corrected chi connectivity index (χ2v) is 4.14. The van der Waals surface area contributed by atoms with Gasteiger partial charge < -0.3 is 15.2 Å². The maximum atomic E-state index is 13.5. The molecule has 88 valence electrons. The number of hydrogen-bond acceptors (Lipinski definition) is 3. The Labute approximate surface area is 94.2 Å². The Balaban J connectivity index is 2.13. The van der Waals surface area contributed by atoms with E-state index in [2.05, 4.69) is 5.32 Å². The SMILES string of the molecule is COc1ccc(C2CC(CO)CN2)cc1F. The van der Waals surface area contributed by atoms with Crippen LogP contribution in [0.25, 0.3) is 0 Å². The van der Waals surface area contributed by atoms with Gasteiger partial charge in [-0.25, -0.2) is 4.39 Å². The molecule has 0 amide bonds. The van der Waals surface area contributed by atoms with Crippen molar-refractivity contribution in [3.63, 3.8) is 0 Å². The first-order valence-electron chi connectivity index (χ1n) is 5.42. The van der Waals surface area contributed by atoms with E-state index in [4.69, 9.17) is 9.84 Å². The smallest absolute Gasteiger partial charge is 0.165 e. The lowest BCUT2D eigenvalue weighted by Crippen LogP contribution is -2.14. The van der Waals surface area contributed by atoms with Gasteiger partial charge in [-0.15, -0.1) is 0 Å². The van der Waals surface area contributed by atoms with E-state index in [1.54, 1.807) is 6.07 Å². The summed E-state index contributed by atoms with van der Waals surface area (Å²) < 4.78 is 18.4. The van der Waals surface area contributed by atoms with E-state index >= 15 is 0 Å². The van der Waals surface area contributed by atoms with Crippen LogP contribution in [-0.4, -0.2) is 25.4 Å². The highest BCUT2D eigenvalue weighted by atomic mass is 19.1. The lowest BCUT2D eigenvalue weighted by molar-refractivity contribution is 0.236. The van der Waals surface area contributed by atoms with E-state index in [9.17, 15) is 4.39 Å². The first-order chi connectivity index (χ1) is 7.74. The van der Waals surface area contributed by atoms with Crippen molar-refractivity contribution in [2.45, 2.75) is 12.5 Å². The Hall–Kier alpha value is -1.13. The fourth-order valence-corrected chi connectivity index (χ4v) is 2.10. The van der Waals surface area contributed by atoms with Gasteiger partial charge in [-0.2, -0.15) is 0 Å². The van der Waals surface area contributed by atoms with E-state index in [0.717, 1.165) is 18.5 Å². The zero-order valence-electron chi connectivity index (χ0n) is 9.24. The minimum Gasteiger partial charge on any atom is -0.494 e. The molecule has 4 heteroatoms. The second kappa shape index (κ2) is 4.80. The van der Waals surface area contributed by atoms with Crippen molar-refractivity contribution in [1.82, 2.24) is 5.32 Å². The molecule has 1 aliphatic heterocycles. The van der Waals surface area contributed by atoms with Crippen LogP contribution in [0, 0.1) is 11.7 Å². The van der Waals surface area contributed by atoms with E-state index in [1.165, 1.54) is 13.2 Å². The molecule has 1 fully saturated rings. The lowest BCUT2D eigenvalue weighted by atomic mass is 10.0. The summed E-state index contributed by atoms with van der Waals surface area (Å²) in [5, 5.41) is 12.3. The van der Waals surface area contributed by atoms with E-state index in [1.807, 2.05) is 6.07 Å². The number of methoxy groups -OCH3 is 1. The first-order valence-corrected chi connectivity index (χ1v) is 5.42. The minimum absolute atomic E-state index is 0.137. The van der Waals surface area contributed by atoms with Crippen molar-refractivity contribution >= 4 is 0 Å². The van der Waals surface area contributed by atoms with Gasteiger partial charge in [0, 0.05) is 19.2 Å². The fourth-order valence-electron chi connectivity index (χ4n) is 2.10. The number of nitrogens with one attached hydrogen (secondary N) is 1. The Morgan fingerprint density at radius 2 is 2.38 bits per heavy atom. The van der Waals surface area contributed by atoms with Crippen LogP contribution >= 0.6 is 0 Å². The molecule has 1 aromatic carbocycles. The Morgan fingerprint density at radius 1 is 1.56 bits per heavy atom. The second-order valence-electron chi connectivity index (χ2n) is 4.14. The molecule has 0 aliphatic carbocycles. The van der Waals surface area contributed by atoms with Gasteiger partial charge in [-0.1, -0.05) is 6.07 Å². The van der Waals surface area contributed by atoms with Crippen LogP contribution in [0.3, 0.4) is 0 Å². The van der Waals surface area contributed by atoms with Crippen LogP contribution in [0.2, 0.25) is 0 Å². The number of ether oxygens (including phenoxy) is 1. The van der Waals surface area contributed by atoms with Gasteiger partial charge in [-0.05, 0) is 30.0 Å². The highest BCUT2D eigenvalue weighted by molar-refractivity contribution is 5.31. The average Bonchev–Trinajstić information content (AvgIpc) is 2.77. The summed E-state index contributed by atoms with van der Waals surface area (Å²) in [7, 11) is 1.45. The summed E-state index contributed by atoms with van der Waals surface area (Å²) >= 11 is 0. The van der Waals surface area contributed by atoms with E-state index in [0.29, 0.717) is 0 Å². The molecule has 0 saturated carbocycles. The van der Waals surface area contributed by atoms with Gasteiger partial charge in [0.15, 0.2) is 11.6 Å². The predicted octanol–water partition coefficient (Wildman–Crippen LogP) is 1.48. The molecular weight excluding hydrogens is 209 g/mol. The highest BCUT2D eigenvalue weighted by Gasteiger charge is 2.25. The molecule has 1 saturated heterocycles.